The number of hydrogen-bond donors (Lipinski definition) is 7. The number of hydrogen-bond acceptors (Lipinski definition) is 12. The first-order chi connectivity index (χ1) is 12.9. The van der Waals surface area contributed by atoms with Gasteiger partial charge >= 0.3 is 10.4 Å². The lowest BCUT2D eigenvalue weighted by atomic mass is 9.96. The molecule has 2 heterocycles. The minimum absolute atomic E-state index is 0.412. The van der Waals surface area contributed by atoms with Gasteiger partial charge in [-0.2, -0.15) is 8.42 Å². The van der Waals surface area contributed by atoms with Gasteiger partial charge in [-0.05, 0) is 0 Å². The van der Waals surface area contributed by atoms with Crippen LogP contribution in [-0.2, 0) is 33.6 Å². The Morgan fingerprint density at radius 2 is 1.79 bits per heavy atom. The topological polar surface area (TPSA) is 222 Å². The molecule has 0 spiro atoms. The van der Waals surface area contributed by atoms with E-state index < -0.39 is 84.8 Å². The first kappa shape index (κ1) is 23.3. The van der Waals surface area contributed by atoms with Crippen LogP contribution < -0.4 is 5.32 Å². The molecule has 2 aliphatic heterocycles. The Morgan fingerprint density at radius 1 is 1.14 bits per heavy atom. The minimum Gasteiger partial charge on any atom is -0.388 e. The van der Waals surface area contributed by atoms with Gasteiger partial charge in [0.05, 0.1) is 13.2 Å². The number of carbonyl (C=O) groups is 1. The van der Waals surface area contributed by atoms with Crippen LogP contribution in [0.4, 0.5) is 0 Å². The Hall–Kier alpha value is -0.980. The van der Waals surface area contributed by atoms with Gasteiger partial charge in [0, 0.05) is 6.92 Å². The van der Waals surface area contributed by atoms with E-state index in [-0.39, 0.29) is 0 Å². The van der Waals surface area contributed by atoms with Crippen molar-refractivity contribution in [2.24, 2.45) is 0 Å². The van der Waals surface area contributed by atoms with Gasteiger partial charge < -0.3 is 45.1 Å². The second-order valence-corrected chi connectivity index (χ2v) is 7.44. The molecule has 2 fully saturated rings. The lowest BCUT2D eigenvalue weighted by Crippen LogP contribution is -2.67. The molecular weight excluding hydrogens is 410 g/mol. The van der Waals surface area contributed by atoms with E-state index in [0.29, 0.717) is 0 Å². The number of aliphatic hydroxyl groups is 5. The predicted molar refractivity (Wildman–Crippen MR) is 84.6 cm³/mol. The molecule has 2 saturated heterocycles. The summed E-state index contributed by atoms with van der Waals surface area (Å²) in [6.07, 6.45) is -12.9. The molecule has 0 saturated carbocycles. The van der Waals surface area contributed by atoms with E-state index in [2.05, 4.69) is 9.50 Å². The van der Waals surface area contributed by atoms with Crippen molar-refractivity contribution in [3.63, 3.8) is 0 Å². The summed E-state index contributed by atoms with van der Waals surface area (Å²) in [5.41, 5.74) is 0. The van der Waals surface area contributed by atoms with Gasteiger partial charge in [-0.3, -0.25) is 9.35 Å². The molecule has 0 radical (unpaired) electrons. The normalized spacial score (nSPS) is 42.2. The molecule has 2 aliphatic rings. The van der Waals surface area contributed by atoms with Gasteiger partial charge in [-0.25, -0.2) is 4.18 Å². The summed E-state index contributed by atoms with van der Waals surface area (Å²) in [5, 5.41) is 52.0. The first-order valence-corrected chi connectivity index (χ1v) is 9.49. The van der Waals surface area contributed by atoms with E-state index >= 15 is 0 Å². The van der Waals surface area contributed by atoms with Crippen molar-refractivity contribution in [3.05, 3.63) is 0 Å². The zero-order valence-corrected chi connectivity index (χ0v) is 15.4. The maximum absolute atomic E-state index is 11.4. The molecule has 7 N–H and O–H groups in total. The summed E-state index contributed by atoms with van der Waals surface area (Å²) in [6, 6.07) is -1.38. The number of aliphatic hydroxyl groups excluding tert-OH is 5. The van der Waals surface area contributed by atoms with Crippen LogP contribution in [0, 0.1) is 0 Å². The molecule has 0 aromatic carbocycles. The Labute approximate surface area is 159 Å². The molecule has 164 valence electrons. The number of amides is 1. The van der Waals surface area contributed by atoms with E-state index in [0.717, 1.165) is 6.92 Å². The third kappa shape index (κ3) is 5.77. The molecule has 0 bridgehead atoms. The van der Waals surface area contributed by atoms with Crippen molar-refractivity contribution in [2.45, 2.75) is 62.2 Å². The van der Waals surface area contributed by atoms with Gasteiger partial charge in [0.1, 0.15) is 42.7 Å². The molecule has 3 unspecified atom stereocenters. The molecule has 2 rings (SSSR count). The highest BCUT2D eigenvalue weighted by Gasteiger charge is 2.49. The number of rotatable bonds is 6. The highest BCUT2D eigenvalue weighted by Crippen LogP contribution is 2.27. The largest absolute Gasteiger partial charge is 0.397 e. The monoisotopic (exact) mass is 433 g/mol. The summed E-state index contributed by atoms with van der Waals surface area (Å²) in [4.78, 5) is 11.4. The summed E-state index contributed by atoms with van der Waals surface area (Å²) in [6.45, 7) is -0.209. The predicted octanol–water partition coefficient (Wildman–Crippen LogP) is -4.79. The molecule has 1 amide bonds. The van der Waals surface area contributed by atoms with Crippen LogP contribution in [0.5, 0.6) is 0 Å². The Morgan fingerprint density at radius 3 is 2.36 bits per heavy atom. The van der Waals surface area contributed by atoms with Crippen molar-refractivity contribution in [1.82, 2.24) is 5.32 Å². The van der Waals surface area contributed by atoms with Crippen molar-refractivity contribution in [3.8, 4) is 0 Å². The second kappa shape index (κ2) is 9.23. The van der Waals surface area contributed by atoms with Crippen LogP contribution in [0.2, 0.25) is 0 Å². The molecule has 0 aromatic heterocycles. The fourth-order valence-electron chi connectivity index (χ4n) is 2.83. The van der Waals surface area contributed by atoms with Crippen LogP contribution >= 0.6 is 0 Å². The summed E-state index contributed by atoms with van der Waals surface area (Å²) in [5.74, 6) is -0.637. The van der Waals surface area contributed by atoms with Crippen LogP contribution in [-0.4, -0.2) is 113 Å². The highest BCUT2D eigenvalue weighted by molar-refractivity contribution is 7.80. The van der Waals surface area contributed by atoms with Crippen molar-refractivity contribution in [1.29, 1.82) is 0 Å². The van der Waals surface area contributed by atoms with E-state index in [4.69, 9.17) is 18.8 Å². The third-order valence-electron chi connectivity index (χ3n) is 4.19. The molecule has 0 aromatic rings. The van der Waals surface area contributed by atoms with Gasteiger partial charge in [0.2, 0.25) is 5.91 Å². The Balaban J connectivity index is 2.19. The zero-order valence-electron chi connectivity index (χ0n) is 14.6. The molecule has 14 nitrogen and oxygen atoms in total. The quantitative estimate of drug-likeness (QED) is 0.196. The average Bonchev–Trinajstić information content (AvgIpc) is 2.58. The summed E-state index contributed by atoms with van der Waals surface area (Å²) >= 11 is 0. The van der Waals surface area contributed by atoms with Gasteiger partial charge in [-0.1, -0.05) is 0 Å². The lowest BCUT2D eigenvalue weighted by molar-refractivity contribution is -0.324. The summed E-state index contributed by atoms with van der Waals surface area (Å²) in [7, 11) is -4.87. The number of nitrogens with one attached hydrogen (secondary N) is 1. The number of ether oxygens (including phenoxy) is 3. The fraction of sp³-hybridized carbons (Fsp3) is 0.923. The standard InChI is InChI=1S/C13H23NO13S/c1-4(15)14-7-11(27-13-10(19)8(17)5(16)2-24-13)9(18)6(26-12(7)20)3-25-28(21,22)23/h5-13,16-20H,2-3H2,1H3,(H,14,15)(H,21,22,23)/t5-,6?,7?,8+,9-,10?,11-,12+,13+/m1/s1. The average molecular weight is 433 g/mol. The van der Waals surface area contributed by atoms with Crippen LogP contribution in [0.25, 0.3) is 0 Å². The van der Waals surface area contributed by atoms with Crippen LogP contribution in [0.1, 0.15) is 6.92 Å². The second-order valence-electron chi connectivity index (χ2n) is 6.35. The molecular formula is C13H23NO13S. The number of carbonyl (C=O) groups excluding carboxylic acids is 1. The van der Waals surface area contributed by atoms with Crippen molar-refractivity contribution in [2.75, 3.05) is 13.2 Å². The van der Waals surface area contributed by atoms with E-state index in [1.54, 1.807) is 0 Å². The zero-order chi connectivity index (χ0) is 21.2. The fourth-order valence-corrected chi connectivity index (χ4v) is 3.13. The van der Waals surface area contributed by atoms with E-state index in [1.807, 2.05) is 0 Å². The maximum atomic E-state index is 11.4. The van der Waals surface area contributed by atoms with E-state index in [9.17, 15) is 38.7 Å². The lowest BCUT2D eigenvalue weighted by Gasteiger charge is -2.45. The molecule has 28 heavy (non-hydrogen) atoms. The van der Waals surface area contributed by atoms with Gasteiger partial charge in [-0.15, -0.1) is 0 Å². The van der Waals surface area contributed by atoms with Crippen LogP contribution in [0.15, 0.2) is 0 Å². The molecule has 0 aliphatic carbocycles. The third-order valence-corrected chi connectivity index (χ3v) is 4.62. The van der Waals surface area contributed by atoms with Crippen molar-refractivity contribution < 1.29 is 61.7 Å². The first-order valence-electron chi connectivity index (χ1n) is 8.12. The molecule has 9 atom stereocenters. The minimum atomic E-state index is -4.87. The molecule has 15 heteroatoms. The van der Waals surface area contributed by atoms with E-state index in [1.165, 1.54) is 0 Å². The Bertz CT molecular complexity index is 644. The van der Waals surface area contributed by atoms with Crippen molar-refractivity contribution >= 4 is 16.3 Å². The highest BCUT2D eigenvalue weighted by atomic mass is 32.3. The van der Waals surface area contributed by atoms with Crippen LogP contribution in [0.3, 0.4) is 0 Å². The maximum Gasteiger partial charge on any atom is 0.397 e. The van der Waals surface area contributed by atoms with Gasteiger partial charge in [0.25, 0.3) is 0 Å². The Kier molecular flexibility index (Phi) is 7.68. The SMILES string of the molecule is CC(=O)NC1[C@@H](O[C@@H]2OC[C@@H](O)[C@H](O)C2O)[C@H](O)C(COS(=O)(=O)O)O[C@@H]1O. The smallest absolute Gasteiger partial charge is 0.388 e. The summed E-state index contributed by atoms with van der Waals surface area (Å²) < 4.78 is 49.7. The van der Waals surface area contributed by atoms with Gasteiger partial charge in [0.15, 0.2) is 12.6 Å².